The van der Waals surface area contributed by atoms with E-state index in [1.807, 2.05) is 46.8 Å². The monoisotopic (exact) mass is 642 g/mol. The van der Waals surface area contributed by atoms with Crippen molar-refractivity contribution < 1.29 is 28.1 Å². The van der Waals surface area contributed by atoms with E-state index in [0.717, 1.165) is 26.0 Å². The quantitative estimate of drug-likeness (QED) is 0.184. The van der Waals surface area contributed by atoms with Crippen molar-refractivity contribution in [2.45, 2.75) is 65.9 Å². The van der Waals surface area contributed by atoms with E-state index in [0.29, 0.717) is 38.3 Å². The minimum atomic E-state index is -0.539. The number of benzene rings is 2. The average Bonchev–Trinajstić information content (AvgIpc) is 2.82. The Hall–Kier alpha value is -1.95. The number of rotatable bonds is 9. The van der Waals surface area contributed by atoms with E-state index in [1.165, 1.54) is 0 Å². The Balaban J connectivity index is 1.78. The van der Waals surface area contributed by atoms with Crippen LogP contribution in [0.15, 0.2) is 30.3 Å². The molecule has 2 atom stereocenters. The topological polar surface area (TPSA) is 60.5 Å². The number of ether oxygens (including phenoxy) is 4. The molecular weight excluding hydrogens is 602 g/mol. The van der Waals surface area contributed by atoms with Crippen LogP contribution in [0.5, 0.6) is 5.75 Å². The first-order valence-electron chi connectivity index (χ1n) is 12.9. The number of carbonyl (C=O) groups excluding carboxylic acids is 1. The molecule has 1 heterocycles. The number of hydrogen-bond donors (Lipinski definition) is 0. The Morgan fingerprint density at radius 3 is 2.53 bits per heavy atom. The third-order valence-electron chi connectivity index (χ3n) is 6.45. The van der Waals surface area contributed by atoms with Crippen LogP contribution in [0.2, 0.25) is 0 Å². The second-order valence-corrected chi connectivity index (χ2v) is 12.0. The lowest BCUT2D eigenvalue weighted by Crippen LogP contribution is -2.55. The van der Waals surface area contributed by atoms with E-state index in [1.54, 1.807) is 31.1 Å². The molecule has 38 heavy (non-hydrogen) atoms. The highest BCUT2D eigenvalue weighted by Crippen LogP contribution is 2.31. The van der Waals surface area contributed by atoms with E-state index in [2.05, 4.69) is 33.6 Å². The molecule has 1 aliphatic rings. The van der Waals surface area contributed by atoms with E-state index in [9.17, 15) is 9.18 Å². The summed E-state index contributed by atoms with van der Waals surface area (Å²) in [6.45, 7) is 14.5. The Kier molecular flexibility index (Phi) is 10.8. The summed E-state index contributed by atoms with van der Waals surface area (Å²) in [5.74, 6) is 0.487. The zero-order valence-corrected chi connectivity index (χ0v) is 25.6. The zero-order chi connectivity index (χ0) is 28.0. The molecule has 210 valence electrons. The molecule has 0 aromatic heterocycles. The Morgan fingerprint density at radius 1 is 1.16 bits per heavy atom. The number of hydrogen-bond acceptors (Lipinski definition) is 6. The first kappa shape index (κ1) is 30.6. The van der Waals surface area contributed by atoms with Crippen molar-refractivity contribution >= 4 is 28.7 Å². The van der Waals surface area contributed by atoms with Crippen LogP contribution in [0, 0.1) is 23.2 Å². The highest BCUT2D eigenvalue weighted by atomic mass is 127. The molecule has 1 saturated heterocycles. The lowest BCUT2D eigenvalue weighted by molar-refractivity contribution is -0.0392. The van der Waals surface area contributed by atoms with Gasteiger partial charge in [-0.25, -0.2) is 9.18 Å². The van der Waals surface area contributed by atoms with Gasteiger partial charge < -0.3 is 23.8 Å². The number of methoxy groups -OCH3 is 1. The SMILES string of the molecule is COCOCc1cc(I)c(O[C@H](CN2CCN(C(=O)OC(C)(C)C)[C@H](C)C2)c2ccc(C)c(F)c2)cc1C. The van der Waals surface area contributed by atoms with E-state index < -0.39 is 11.7 Å². The largest absolute Gasteiger partial charge is 0.483 e. The van der Waals surface area contributed by atoms with Gasteiger partial charge in [0, 0.05) is 39.3 Å². The fourth-order valence-electron chi connectivity index (χ4n) is 4.38. The lowest BCUT2D eigenvalue weighted by Gasteiger charge is -2.41. The molecule has 0 spiro atoms. The summed E-state index contributed by atoms with van der Waals surface area (Å²) >= 11 is 2.27. The van der Waals surface area contributed by atoms with Crippen molar-refractivity contribution in [1.29, 1.82) is 0 Å². The number of amides is 1. The highest BCUT2D eigenvalue weighted by Gasteiger charge is 2.32. The van der Waals surface area contributed by atoms with Gasteiger partial charge in [0.05, 0.1) is 10.2 Å². The summed E-state index contributed by atoms with van der Waals surface area (Å²) in [6.07, 6.45) is -0.688. The van der Waals surface area contributed by atoms with Crippen molar-refractivity contribution in [3.63, 3.8) is 0 Å². The maximum absolute atomic E-state index is 14.6. The second kappa shape index (κ2) is 13.4. The predicted octanol–water partition coefficient (Wildman–Crippen LogP) is 6.23. The Bertz CT molecular complexity index is 1110. The van der Waals surface area contributed by atoms with Gasteiger partial charge >= 0.3 is 6.09 Å². The third-order valence-corrected chi connectivity index (χ3v) is 7.29. The molecule has 0 saturated carbocycles. The summed E-state index contributed by atoms with van der Waals surface area (Å²) in [5.41, 5.74) is 2.94. The molecule has 2 aromatic carbocycles. The smallest absolute Gasteiger partial charge is 0.410 e. The Morgan fingerprint density at radius 2 is 1.89 bits per heavy atom. The van der Waals surface area contributed by atoms with Gasteiger partial charge in [-0.05, 0) is 105 Å². The molecule has 1 aliphatic heterocycles. The van der Waals surface area contributed by atoms with Crippen molar-refractivity contribution in [1.82, 2.24) is 9.80 Å². The second-order valence-electron chi connectivity index (χ2n) is 10.9. The van der Waals surface area contributed by atoms with Gasteiger partial charge in [-0.1, -0.05) is 12.1 Å². The highest BCUT2D eigenvalue weighted by molar-refractivity contribution is 14.1. The molecule has 1 fully saturated rings. The summed E-state index contributed by atoms with van der Waals surface area (Å²) in [5, 5.41) is 0. The molecule has 0 bridgehead atoms. The first-order chi connectivity index (χ1) is 17.9. The molecule has 1 amide bonds. The van der Waals surface area contributed by atoms with Crippen LogP contribution in [0.1, 0.15) is 56.1 Å². The van der Waals surface area contributed by atoms with Gasteiger partial charge in [-0.3, -0.25) is 4.90 Å². The summed E-state index contributed by atoms with van der Waals surface area (Å²) < 4.78 is 38.2. The fourth-order valence-corrected chi connectivity index (χ4v) is 5.03. The average molecular weight is 643 g/mol. The molecule has 9 heteroatoms. The molecule has 3 rings (SSSR count). The Labute approximate surface area is 239 Å². The number of aryl methyl sites for hydroxylation is 2. The fraction of sp³-hybridized carbons (Fsp3) is 0.552. The maximum atomic E-state index is 14.6. The van der Waals surface area contributed by atoms with E-state index in [-0.39, 0.29) is 24.7 Å². The van der Waals surface area contributed by atoms with Crippen LogP contribution in [-0.2, 0) is 20.8 Å². The van der Waals surface area contributed by atoms with Gasteiger partial charge in [0.25, 0.3) is 0 Å². The molecule has 0 N–H and O–H groups in total. The van der Waals surface area contributed by atoms with Crippen LogP contribution in [-0.4, -0.2) is 67.6 Å². The van der Waals surface area contributed by atoms with Gasteiger partial charge in [-0.15, -0.1) is 0 Å². The van der Waals surface area contributed by atoms with Gasteiger partial charge in [-0.2, -0.15) is 0 Å². The molecule has 0 aliphatic carbocycles. The normalized spacial score (nSPS) is 17.4. The minimum absolute atomic E-state index is 0.0252. The number of carbonyl (C=O) groups is 1. The molecule has 7 nitrogen and oxygen atoms in total. The van der Waals surface area contributed by atoms with Crippen molar-refractivity contribution in [2.75, 3.05) is 40.1 Å². The first-order valence-corrected chi connectivity index (χ1v) is 14.0. The van der Waals surface area contributed by atoms with Crippen LogP contribution in [0.3, 0.4) is 0 Å². The van der Waals surface area contributed by atoms with Crippen LogP contribution >= 0.6 is 22.6 Å². The zero-order valence-electron chi connectivity index (χ0n) is 23.5. The van der Waals surface area contributed by atoms with Crippen LogP contribution < -0.4 is 4.74 Å². The molecule has 0 radical (unpaired) electrons. The summed E-state index contributed by atoms with van der Waals surface area (Å²) in [7, 11) is 1.60. The molecular formula is C29H40FIN2O5. The summed E-state index contributed by atoms with van der Waals surface area (Å²) in [4.78, 5) is 16.7. The van der Waals surface area contributed by atoms with Gasteiger partial charge in [0.1, 0.15) is 30.1 Å². The van der Waals surface area contributed by atoms with Crippen LogP contribution in [0.25, 0.3) is 0 Å². The third kappa shape index (κ3) is 8.53. The molecule has 2 aromatic rings. The maximum Gasteiger partial charge on any atom is 0.410 e. The predicted molar refractivity (Wildman–Crippen MR) is 154 cm³/mol. The van der Waals surface area contributed by atoms with Crippen molar-refractivity contribution in [3.05, 3.63) is 62.0 Å². The van der Waals surface area contributed by atoms with Crippen molar-refractivity contribution in [3.8, 4) is 5.75 Å². The number of piperazine rings is 1. The van der Waals surface area contributed by atoms with Crippen molar-refractivity contribution in [2.24, 2.45) is 0 Å². The number of nitrogens with zero attached hydrogens (tertiary/aromatic N) is 2. The van der Waals surface area contributed by atoms with Gasteiger partial charge in [0.15, 0.2) is 0 Å². The molecule has 0 unspecified atom stereocenters. The minimum Gasteiger partial charge on any atom is -0.483 e. The standard InChI is InChI=1S/C29H40FIN2O5/c1-19-8-9-22(13-24(19)30)27(37-26-12-20(2)23(14-25(26)31)17-36-18-35-7)16-32-10-11-33(21(3)15-32)28(34)38-29(4,5)6/h8-9,12-14,21,27H,10-11,15-18H2,1-7H3/t21-,27-/m1/s1. The van der Waals surface area contributed by atoms with Crippen LogP contribution in [0.4, 0.5) is 9.18 Å². The summed E-state index contributed by atoms with van der Waals surface area (Å²) in [6, 6.07) is 9.31. The van der Waals surface area contributed by atoms with Gasteiger partial charge in [0.2, 0.25) is 0 Å². The lowest BCUT2D eigenvalue weighted by atomic mass is 10.0. The van der Waals surface area contributed by atoms with E-state index >= 15 is 0 Å². The number of halogens is 2. The van der Waals surface area contributed by atoms with E-state index in [4.69, 9.17) is 18.9 Å².